The molecule has 1 heterocycles. The van der Waals surface area contributed by atoms with Gasteiger partial charge in [-0.25, -0.2) is 9.78 Å². The van der Waals surface area contributed by atoms with Crippen molar-refractivity contribution < 1.29 is 9.90 Å². The highest BCUT2D eigenvalue weighted by atomic mass is 16.4. The summed E-state index contributed by atoms with van der Waals surface area (Å²) in [5, 5.41) is 11.7. The second-order valence-electron chi connectivity index (χ2n) is 2.97. The molecule has 0 fully saturated rings. The number of carboxylic acids is 1. The van der Waals surface area contributed by atoms with Gasteiger partial charge in [0, 0.05) is 6.54 Å². The van der Waals surface area contributed by atoms with Gasteiger partial charge in [0.1, 0.15) is 5.82 Å². The van der Waals surface area contributed by atoms with Crippen LogP contribution in [0.4, 0.5) is 5.82 Å². The van der Waals surface area contributed by atoms with E-state index in [2.05, 4.69) is 17.2 Å². The Kier molecular flexibility index (Phi) is 4.34. The van der Waals surface area contributed by atoms with Crippen molar-refractivity contribution in [2.75, 3.05) is 11.9 Å². The molecule has 0 aliphatic carbocycles. The molecule has 0 atom stereocenters. The molecule has 0 aromatic carbocycles. The van der Waals surface area contributed by atoms with Gasteiger partial charge >= 0.3 is 5.97 Å². The molecule has 0 radical (unpaired) electrons. The number of aromatic carboxylic acids is 1. The first-order chi connectivity index (χ1) is 7.24. The van der Waals surface area contributed by atoms with Crippen LogP contribution in [0, 0.1) is 0 Å². The van der Waals surface area contributed by atoms with Crippen LogP contribution in [-0.4, -0.2) is 22.6 Å². The van der Waals surface area contributed by atoms with Gasteiger partial charge < -0.3 is 10.4 Å². The van der Waals surface area contributed by atoms with Gasteiger partial charge in [0.05, 0.1) is 0 Å². The van der Waals surface area contributed by atoms with Crippen molar-refractivity contribution in [2.24, 2.45) is 0 Å². The van der Waals surface area contributed by atoms with E-state index in [1.165, 1.54) is 6.07 Å². The monoisotopic (exact) mass is 206 g/mol. The maximum Gasteiger partial charge on any atom is 0.354 e. The van der Waals surface area contributed by atoms with Crippen LogP contribution in [0.25, 0.3) is 0 Å². The fourth-order valence-corrected chi connectivity index (χ4v) is 1.07. The number of nitrogens with zero attached hydrogens (tertiary/aromatic N) is 1. The van der Waals surface area contributed by atoms with Gasteiger partial charge in [0.25, 0.3) is 0 Å². The van der Waals surface area contributed by atoms with E-state index < -0.39 is 5.97 Å². The van der Waals surface area contributed by atoms with Gasteiger partial charge in [-0.15, -0.1) is 0 Å². The molecule has 4 nitrogen and oxygen atoms in total. The normalized spacial score (nSPS) is 10.5. The van der Waals surface area contributed by atoms with Crippen LogP contribution in [0.3, 0.4) is 0 Å². The van der Waals surface area contributed by atoms with Gasteiger partial charge in [0.2, 0.25) is 0 Å². The van der Waals surface area contributed by atoms with E-state index in [0.29, 0.717) is 12.4 Å². The van der Waals surface area contributed by atoms with E-state index in [9.17, 15) is 4.79 Å². The van der Waals surface area contributed by atoms with Gasteiger partial charge in [-0.1, -0.05) is 25.1 Å². The second kappa shape index (κ2) is 5.80. The third-order valence-corrected chi connectivity index (χ3v) is 1.77. The Morgan fingerprint density at radius 2 is 2.33 bits per heavy atom. The number of hydrogen-bond donors (Lipinski definition) is 2. The predicted octanol–water partition coefficient (Wildman–Crippen LogP) is 2.16. The summed E-state index contributed by atoms with van der Waals surface area (Å²) < 4.78 is 0. The molecular weight excluding hydrogens is 192 g/mol. The van der Waals surface area contributed by atoms with Crippen molar-refractivity contribution in [2.45, 2.75) is 13.3 Å². The molecule has 80 valence electrons. The van der Waals surface area contributed by atoms with E-state index in [4.69, 9.17) is 5.11 Å². The molecule has 15 heavy (non-hydrogen) atoms. The Balaban J connectivity index is 2.58. The zero-order valence-electron chi connectivity index (χ0n) is 8.60. The number of allylic oxidation sites excluding steroid dienone is 1. The van der Waals surface area contributed by atoms with Gasteiger partial charge in [-0.3, -0.25) is 0 Å². The Morgan fingerprint density at radius 1 is 1.53 bits per heavy atom. The van der Waals surface area contributed by atoms with Crippen LogP contribution < -0.4 is 5.32 Å². The summed E-state index contributed by atoms with van der Waals surface area (Å²) in [5.41, 5.74) is 0.0551. The molecule has 0 bridgehead atoms. The molecule has 4 heteroatoms. The average molecular weight is 206 g/mol. The van der Waals surface area contributed by atoms with E-state index >= 15 is 0 Å². The van der Waals surface area contributed by atoms with Crippen LogP contribution in [0.2, 0.25) is 0 Å². The number of hydrogen-bond acceptors (Lipinski definition) is 3. The maximum atomic E-state index is 10.6. The lowest BCUT2D eigenvalue weighted by Gasteiger charge is -2.02. The van der Waals surface area contributed by atoms with Crippen LogP contribution in [0.15, 0.2) is 30.4 Å². The summed E-state index contributed by atoms with van der Waals surface area (Å²) in [6.45, 7) is 2.71. The lowest BCUT2D eigenvalue weighted by molar-refractivity contribution is 0.0690. The molecule has 0 spiro atoms. The number of carbonyl (C=O) groups is 1. The highest BCUT2D eigenvalue weighted by molar-refractivity contribution is 5.85. The number of aromatic nitrogens is 1. The van der Waals surface area contributed by atoms with Crippen LogP contribution in [0.1, 0.15) is 23.8 Å². The highest BCUT2D eigenvalue weighted by Crippen LogP contribution is 2.04. The fourth-order valence-electron chi connectivity index (χ4n) is 1.07. The molecule has 0 saturated carbocycles. The van der Waals surface area contributed by atoms with Crippen molar-refractivity contribution in [1.82, 2.24) is 4.98 Å². The third-order valence-electron chi connectivity index (χ3n) is 1.77. The first kappa shape index (κ1) is 11.2. The quantitative estimate of drug-likeness (QED) is 0.725. The summed E-state index contributed by atoms with van der Waals surface area (Å²) in [5.74, 6) is -0.432. The number of carboxylic acid groups (broad SMARTS) is 1. The Hall–Kier alpha value is -1.84. The van der Waals surface area contributed by atoms with E-state index in [-0.39, 0.29) is 5.69 Å². The Morgan fingerprint density at radius 3 is 3.00 bits per heavy atom. The standard InChI is InChI=1S/C11H14N2O2/c1-2-3-4-8-12-10-7-5-6-9(13-10)11(14)15/h3-7H,2,8H2,1H3,(H,12,13)(H,14,15). The molecule has 2 N–H and O–H groups in total. The van der Waals surface area contributed by atoms with Crippen LogP contribution in [0.5, 0.6) is 0 Å². The molecule has 0 aliphatic heterocycles. The van der Waals surface area contributed by atoms with Crippen molar-refractivity contribution in [3.05, 3.63) is 36.0 Å². The first-order valence-electron chi connectivity index (χ1n) is 4.83. The molecule has 1 aromatic rings. The summed E-state index contributed by atoms with van der Waals surface area (Å²) >= 11 is 0. The lowest BCUT2D eigenvalue weighted by Crippen LogP contribution is -2.05. The van der Waals surface area contributed by atoms with Crippen LogP contribution in [-0.2, 0) is 0 Å². The second-order valence-corrected chi connectivity index (χ2v) is 2.97. The van der Waals surface area contributed by atoms with Crippen molar-refractivity contribution in [3.63, 3.8) is 0 Å². The van der Waals surface area contributed by atoms with Gasteiger partial charge in [-0.2, -0.15) is 0 Å². The zero-order valence-corrected chi connectivity index (χ0v) is 8.60. The van der Waals surface area contributed by atoms with Crippen LogP contribution >= 0.6 is 0 Å². The zero-order chi connectivity index (χ0) is 11.1. The van der Waals surface area contributed by atoms with Crippen molar-refractivity contribution in [1.29, 1.82) is 0 Å². The largest absolute Gasteiger partial charge is 0.477 e. The van der Waals surface area contributed by atoms with E-state index in [0.717, 1.165) is 6.42 Å². The molecule has 1 aromatic heterocycles. The Labute approximate surface area is 88.7 Å². The minimum Gasteiger partial charge on any atom is -0.477 e. The molecular formula is C11H14N2O2. The minimum atomic E-state index is -1.01. The topological polar surface area (TPSA) is 62.2 Å². The SMILES string of the molecule is CCC=CCNc1cccc(C(=O)O)n1. The predicted molar refractivity (Wildman–Crippen MR) is 59.1 cm³/mol. The molecule has 0 amide bonds. The highest BCUT2D eigenvalue weighted by Gasteiger charge is 2.03. The summed E-state index contributed by atoms with van der Waals surface area (Å²) in [7, 11) is 0. The lowest BCUT2D eigenvalue weighted by atomic mass is 10.3. The average Bonchev–Trinajstić information content (AvgIpc) is 2.25. The van der Waals surface area contributed by atoms with E-state index in [1.54, 1.807) is 12.1 Å². The molecule has 1 rings (SSSR count). The Bertz CT molecular complexity index is 361. The number of nitrogens with one attached hydrogen (secondary N) is 1. The smallest absolute Gasteiger partial charge is 0.354 e. The molecule has 0 unspecified atom stereocenters. The maximum absolute atomic E-state index is 10.6. The van der Waals surface area contributed by atoms with Gasteiger partial charge in [0.15, 0.2) is 5.69 Å². The van der Waals surface area contributed by atoms with Crippen molar-refractivity contribution in [3.8, 4) is 0 Å². The molecule has 0 saturated heterocycles. The summed E-state index contributed by atoms with van der Waals surface area (Å²) in [4.78, 5) is 14.6. The number of anilines is 1. The third kappa shape index (κ3) is 3.81. The summed E-state index contributed by atoms with van der Waals surface area (Å²) in [6, 6.07) is 4.88. The first-order valence-corrected chi connectivity index (χ1v) is 4.83. The number of pyridine rings is 1. The summed E-state index contributed by atoms with van der Waals surface area (Å²) in [6.07, 6.45) is 5.01. The minimum absolute atomic E-state index is 0.0551. The van der Waals surface area contributed by atoms with Crippen molar-refractivity contribution >= 4 is 11.8 Å². The van der Waals surface area contributed by atoms with Gasteiger partial charge in [-0.05, 0) is 18.6 Å². The molecule has 0 aliphatic rings. The fraction of sp³-hybridized carbons (Fsp3) is 0.273. The van der Waals surface area contributed by atoms with E-state index in [1.807, 2.05) is 12.2 Å². The number of rotatable bonds is 5.